The van der Waals surface area contributed by atoms with Crippen molar-refractivity contribution in [2.45, 2.75) is 33.7 Å². The van der Waals surface area contributed by atoms with Crippen molar-refractivity contribution in [3.63, 3.8) is 0 Å². The van der Waals surface area contributed by atoms with Gasteiger partial charge in [0.15, 0.2) is 0 Å². The molecular formula is C11H20N2O4. The summed E-state index contributed by atoms with van der Waals surface area (Å²) in [5.41, 5.74) is 0. The molecule has 0 rings (SSSR count). The normalized spacial score (nSPS) is 13.9. The summed E-state index contributed by atoms with van der Waals surface area (Å²) in [5.74, 6) is -2.32. The molecule has 0 radical (unpaired) electrons. The van der Waals surface area contributed by atoms with Gasteiger partial charge in [-0.3, -0.25) is 14.4 Å². The topological polar surface area (TPSA) is 95.5 Å². The molecule has 0 fully saturated rings. The molecule has 0 aromatic rings. The van der Waals surface area contributed by atoms with Crippen molar-refractivity contribution in [3.05, 3.63) is 0 Å². The minimum Gasteiger partial charge on any atom is -0.481 e. The first-order valence-corrected chi connectivity index (χ1v) is 5.53. The van der Waals surface area contributed by atoms with Crippen LogP contribution < -0.4 is 10.6 Å². The molecule has 0 heterocycles. The van der Waals surface area contributed by atoms with Gasteiger partial charge in [-0.2, -0.15) is 0 Å². The number of carboxylic acids is 1. The van der Waals surface area contributed by atoms with E-state index in [9.17, 15) is 14.4 Å². The molecule has 0 aromatic heterocycles. The van der Waals surface area contributed by atoms with Gasteiger partial charge in [0.05, 0.1) is 5.92 Å². The maximum atomic E-state index is 11.7. The van der Waals surface area contributed by atoms with Crippen LogP contribution in [0.3, 0.4) is 0 Å². The van der Waals surface area contributed by atoms with Crippen molar-refractivity contribution < 1.29 is 19.5 Å². The number of rotatable bonds is 6. The van der Waals surface area contributed by atoms with Crippen LogP contribution in [-0.2, 0) is 14.4 Å². The smallest absolute Gasteiger partial charge is 0.308 e. The second-order valence-corrected chi connectivity index (χ2v) is 4.41. The fraction of sp³-hybridized carbons (Fsp3) is 0.727. The minimum atomic E-state index is -0.967. The van der Waals surface area contributed by atoms with Gasteiger partial charge < -0.3 is 15.7 Å². The van der Waals surface area contributed by atoms with Crippen molar-refractivity contribution >= 4 is 17.8 Å². The van der Waals surface area contributed by atoms with Gasteiger partial charge in [0, 0.05) is 13.5 Å². The van der Waals surface area contributed by atoms with E-state index in [0.29, 0.717) is 0 Å². The largest absolute Gasteiger partial charge is 0.481 e. The standard InChI is InChI=1S/C11H20N2O4/c1-6(2)9(13-8(4)14)10(15)12-5-7(3)11(16)17/h6-7,9H,5H2,1-4H3,(H,12,15)(H,13,14)(H,16,17). The Morgan fingerprint density at radius 3 is 2.06 bits per heavy atom. The van der Waals surface area contributed by atoms with Crippen LogP contribution in [0, 0.1) is 11.8 Å². The molecule has 98 valence electrons. The van der Waals surface area contributed by atoms with E-state index in [-0.39, 0.29) is 24.3 Å². The molecule has 17 heavy (non-hydrogen) atoms. The summed E-state index contributed by atoms with van der Waals surface area (Å²) in [5, 5.41) is 13.7. The Morgan fingerprint density at radius 2 is 1.71 bits per heavy atom. The first kappa shape index (κ1) is 15.4. The van der Waals surface area contributed by atoms with Crippen LogP contribution in [0.5, 0.6) is 0 Å². The Labute approximate surface area is 101 Å². The predicted molar refractivity (Wildman–Crippen MR) is 62.3 cm³/mol. The summed E-state index contributed by atoms with van der Waals surface area (Å²) < 4.78 is 0. The summed E-state index contributed by atoms with van der Waals surface area (Å²) in [7, 11) is 0. The van der Waals surface area contributed by atoms with Gasteiger partial charge in [-0.25, -0.2) is 0 Å². The zero-order valence-corrected chi connectivity index (χ0v) is 10.6. The minimum absolute atomic E-state index is 0.0526. The van der Waals surface area contributed by atoms with Crippen molar-refractivity contribution in [3.8, 4) is 0 Å². The monoisotopic (exact) mass is 244 g/mol. The zero-order chi connectivity index (χ0) is 13.6. The Bertz CT molecular complexity index is 302. The van der Waals surface area contributed by atoms with Gasteiger partial charge in [-0.05, 0) is 5.92 Å². The number of carbonyl (C=O) groups is 3. The lowest BCUT2D eigenvalue weighted by Crippen LogP contribution is -2.50. The number of carboxylic acid groups (broad SMARTS) is 1. The lowest BCUT2D eigenvalue weighted by molar-refractivity contribution is -0.141. The Morgan fingerprint density at radius 1 is 1.18 bits per heavy atom. The highest BCUT2D eigenvalue weighted by Gasteiger charge is 2.23. The number of aliphatic carboxylic acids is 1. The molecule has 6 nitrogen and oxygen atoms in total. The Hall–Kier alpha value is -1.59. The van der Waals surface area contributed by atoms with E-state index < -0.39 is 17.9 Å². The second-order valence-electron chi connectivity index (χ2n) is 4.41. The Balaban J connectivity index is 4.33. The molecule has 6 heteroatoms. The lowest BCUT2D eigenvalue weighted by atomic mass is 10.0. The summed E-state index contributed by atoms with van der Waals surface area (Å²) >= 11 is 0. The Kier molecular flexibility index (Phi) is 6.23. The molecule has 2 unspecified atom stereocenters. The van der Waals surface area contributed by atoms with Crippen LogP contribution in [-0.4, -0.2) is 35.5 Å². The summed E-state index contributed by atoms with van der Waals surface area (Å²) in [6, 6.07) is -0.631. The second kappa shape index (κ2) is 6.88. The maximum Gasteiger partial charge on any atom is 0.308 e. The third kappa shape index (κ3) is 5.89. The van der Waals surface area contributed by atoms with E-state index in [4.69, 9.17) is 5.11 Å². The number of hydrogen-bond acceptors (Lipinski definition) is 3. The number of amides is 2. The molecule has 3 N–H and O–H groups in total. The van der Waals surface area contributed by atoms with Gasteiger partial charge in [0.2, 0.25) is 11.8 Å². The average molecular weight is 244 g/mol. The summed E-state index contributed by atoms with van der Waals surface area (Å²) in [4.78, 5) is 33.2. The average Bonchev–Trinajstić information content (AvgIpc) is 2.21. The molecule has 0 saturated carbocycles. The van der Waals surface area contributed by atoms with E-state index in [1.54, 1.807) is 13.8 Å². The van der Waals surface area contributed by atoms with Gasteiger partial charge in [-0.1, -0.05) is 20.8 Å². The van der Waals surface area contributed by atoms with Crippen molar-refractivity contribution in [1.29, 1.82) is 0 Å². The molecule has 2 amide bonds. The van der Waals surface area contributed by atoms with Crippen LogP contribution in [0.15, 0.2) is 0 Å². The van der Waals surface area contributed by atoms with Crippen molar-refractivity contribution in [2.24, 2.45) is 11.8 Å². The first-order chi connectivity index (χ1) is 7.75. The highest BCUT2D eigenvalue weighted by atomic mass is 16.4. The van der Waals surface area contributed by atoms with Crippen LogP contribution in [0.2, 0.25) is 0 Å². The number of carbonyl (C=O) groups excluding carboxylic acids is 2. The molecule has 0 bridgehead atoms. The molecule has 0 saturated heterocycles. The number of hydrogen-bond donors (Lipinski definition) is 3. The van der Waals surface area contributed by atoms with E-state index >= 15 is 0 Å². The molecule has 0 spiro atoms. The third-order valence-corrected chi connectivity index (χ3v) is 2.31. The lowest BCUT2D eigenvalue weighted by Gasteiger charge is -2.21. The molecule has 0 aliphatic carbocycles. The summed E-state index contributed by atoms with van der Waals surface area (Å²) in [6.45, 7) is 6.51. The van der Waals surface area contributed by atoms with E-state index in [1.807, 2.05) is 0 Å². The number of nitrogens with one attached hydrogen (secondary N) is 2. The van der Waals surface area contributed by atoms with Crippen LogP contribution in [0.1, 0.15) is 27.7 Å². The third-order valence-electron chi connectivity index (χ3n) is 2.31. The van der Waals surface area contributed by atoms with E-state index in [1.165, 1.54) is 13.8 Å². The predicted octanol–water partition coefficient (Wildman–Crippen LogP) is -0.0160. The summed E-state index contributed by atoms with van der Waals surface area (Å²) in [6.07, 6.45) is 0. The quantitative estimate of drug-likeness (QED) is 0.612. The molecule has 0 aromatic carbocycles. The highest BCUT2D eigenvalue weighted by Crippen LogP contribution is 2.02. The van der Waals surface area contributed by atoms with Crippen LogP contribution >= 0.6 is 0 Å². The zero-order valence-electron chi connectivity index (χ0n) is 10.6. The van der Waals surface area contributed by atoms with Crippen LogP contribution in [0.4, 0.5) is 0 Å². The highest BCUT2D eigenvalue weighted by molar-refractivity contribution is 5.87. The van der Waals surface area contributed by atoms with Gasteiger partial charge >= 0.3 is 5.97 Å². The van der Waals surface area contributed by atoms with Gasteiger partial charge in [-0.15, -0.1) is 0 Å². The molecule has 0 aliphatic rings. The molecule has 2 atom stereocenters. The van der Waals surface area contributed by atoms with Crippen molar-refractivity contribution in [1.82, 2.24) is 10.6 Å². The molecular weight excluding hydrogens is 224 g/mol. The van der Waals surface area contributed by atoms with E-state index in [0.717, 1.165) is 0 Å². The van der Waals surface area contributed by atoms with E-state index in [2.05, 4.69) is 10.6 Å². The maximum absolute atomic E-state index is 11.7. The van der Waals surface area contributed by atoms with Crippen LogP contribution in [0.25, 0.3) is 0 Å². The van der Waals surface area contributed by atoms with Crippen molar-refractivity contribution in [2.75, 3.05) is 6.54 Å². The van der Waals surface area contributed by atoms with Gasteiger partial charge in [0.25, 0.3) is 0 Å². The van der Waals surface area contributed by atoms with Gasteiger partial charge in [0.1, 0.15) is 6.04 Å². The first-order valence-electron chi connectivity index (χ1n) is 5.53. The molecule has 0 aliphatic heterocycles. The fourth-order valence-corrected chi connectivity index (χ4v) is 1.20. The fourth-order valence-electron chi connectivity index (χ4n) is 1.20. The SMILES string of the molecule is CC(=O)NC(C(=O)NCC(C)C(=O)O)C(C)C.